The number of anilines is 1. The van der Waals surface area contributed by atoms with Crippen LogP contribution in [-0.2, 0) is 4.79 Å². The minimum absolute atomic E-state index is 0.223. The second-order valence-electron chi connectivity index (χ2n) is 4.27. The van der Waals surface area contributed by atoms with Crippen LogP contribution in [-0.4, -0.2) is 17.0 Å². The first-order valence-corrected chi connectivity index (χ1v) is 7.24. The third kappa shape index (κ3) is 3.93. The van der Waals surface area contributed by atoms with Gasteiger partial charge < -0.3 is 10.4 Å². The molecule has 0 aliphatic heterocycles. The highest BCUT2D eigenvalue weighted by atomic mass is 35.5. The molecule has 108 valence electrons. The highest BCUT2D eigenvalue weighted by Gasteiger charge is 2.12. The van der Waals surface area contributed by atoms with Crippen LogP contribution in [0, 0.1) is 6.92 Å². The van der Waals surface area contributed by atoms with E-state index in [-0.39, 0.29) is 10.8 Å². The molecule has 0 aliphatic carbocycles. The van der Waals surface area contributed by atoms with Gasteiger partial charge in [-0.25, -0.2) is 4.79 Å². The van der Waals surface area contributed by atoms with E-state index < -0.39 is 5.97 Å². The van der Waals surface area contributed by atoms with Crippen LogP contribution >= 0.6 is 22.9 Å². The zero-order chi connectivity index (χ0) is 15.4. The minimum Gasteiger partial charge on any atom is -0.477 e. The van der Waals surface area contributed by atoms with E-state index in [2.05, 4.69) is 5.32 Å². The standard InChI is InChI=1S/C15H12ClNO3S/c1-9-8-13(21-14(9)15(19)20)17-12(18)7-6-10-4-2-3-5-11(10)16/h2-8H,1H3,(H,17,18)(H,19,20)/b7-6+. The molecule has 1 aromatic heterocycles. The predicted octanol–water partition coefficient (Wildman–Crippen LogP) is 4.06. The van der Waals surface area contributed by atoms with Crippen molar-refractivity contribution in [3.63, 3.8) is 0 Å². The van der Waals surface area contributed by atoms with Crippen molar-refractivity contribution in [2.75, 3.05) is 5.32 Å². The van der Waals surface area contributed by atoms with Crippen LogP contribution in [0.4, 0.5) is 5.00 Å². The Bertz CT molecular complexity index is 721. The van der Waals surface area contributed by atoms with E-state index >= 15 is 0 Å². The van der Waals surface area contributed by atoms with E-state index in [1.807, 2.05) is 12.1 Å². The largest absolute Gasteiger partial charge is 0.477 e. The van der Waals surface area contributed by atoms with Crippen molar-refractivity contribution >= 4 is 45.9 Å². The van der Waals surface area contributed by atoms with Crippen molar-refractivity contribution in [2.24, 2.45) is 0 Å². The molecular formula is C15H12ClNO3S. The fourth-order valence-corrected chi connectivity index (χ4v) is 2.81. The molecule has 2 N–H and O–H groups in total. The number of halogens is 1. The summed E-state index contributed by atoms with van der Waals surface area (Å²) in [6, 6.07) is 8.80. The maximum Gasteiger partial charge on any atom is 0.346 e. The number of thiophene rings is 1. The van der Waals surface area contributed by atoms with E-state index in [9.17, 15) is 9.59 Å². The van der Waals surface area contributed by atoms with Gasteiger partial charge in [-0.1, -0.05) is 29.8 Å². The topological polar surface area (TPSA) is 66.4 Å². The normalized spacial score (nSPS) is 10.8. The van der Waals surface area contributed by atoms with Crippen molar-refractivity contribution < 1.29 is 14.7 Å². The predicted molar refractivity (Wildman–Crippen MR) is 85.1 cm³/mol. The number of aromatic carboxylic acids is 1. The molecule has 4 nitrogen and oxygen atoms in total. The number of rotatable bonds is 4. The van der Waals surface area contributed by atoms with Gasteiger partial charge in [-0.05, 0) is 36.3 Å². The number of amides is 1. The van der Waals surface area contributed by atoms with Crippen molar-refractivity contribution in [2.45, 2.75) is 6.92 Å². The van der Waals surface area contributed by atoms with Gasteiger partial charge in [0.25, 0.3) is 0 Å². The summed E-state index contributed by atoms with van der Waals surface area (Å²) in [7, 11) is 0. The smallest absolute Gasteiger partial charge is 0.346 e. The van der Waals surface area contributed by atoms with Crippen LogP contribution in [0.15, 0.2) is 36.4 Å². The minimum atomic E-state index is -0.996. The van der Waals surface area contributed by atoms with Gasteiger partial charge in [0, 0.05) is 11.1 Å². The molecule has 2 aromatic rings. The fourth-order valence-electron chi connectivity index (χ4n) is 1.69. The Morgan fingerprint density at radius 2 is 2.05 bits per heavy atom. The number of hydrogen-bond donors (Lipinski definition) is 2. The number of carbonyl (C=O) groups is 2. The quantitative estimate of drug-likeness (QED) is 0.834. The molecule has 6 heteroatoms. The lowest BCUT2D eigenvalue weighted by Crippen LogP contribution is -2.06. The summed E-state index contributed by atoms with van der Waals surface area (Å²) in [6.07, 6.45) is 2.97. The Kier molecular flexibility index (Phi) is 4.77. The molecule has 0 unspecified atom stereocenters. The van der Waals surface area contributed by atoms with Crippen molar-refractivity contribution in [3.8, 4) is 0 Å². The lowest BCUT2D eigenvalue weighted by atomic mass is 10.2. The molecule has 0 fully saturated rings. The molecule has 1 amide bonds. The fraction of sp³-hybridized carbons (Fsp3) is 0.0667. The van der Waals surface area contributed by atoms with Crippen LogP contribution < -0.4 is 5.32 Å². The summed E-state index contributed by atoms with van der Waals surface area (Å²) < 4.78 is 0. The molecule has 0 spiro atoms. The molecule has 1 aromatic carbocycles. The Hall–Kier alpha value is -2.11. The highest BCUT2D eigenvalue weighted by molar-refractivity contribution is 7.18. The number of carboxylic acid groups (broad SMARTS) is 1. The van der Waals surface area contributed by atoms with Gasteiger partial charge in [0.15, 0.2) is 0 Å². The summed E-state index contributed by atoms with van der Waals surface area (Å²) in [5.41, 5.74) is 1.36. The van der Waals surface area contributed by atoms with Crippen molar-refractivity contribution in [1.29, 1.82) is 0 Å². The lowest BCUT2D eigenvalue weighted by molar-refractivity contribution is -0.111. The molecule has 0 aliphatic rings. The van der Waals surface area contributed by atoms with E-state index in [0.717, 1.165) is 16.9 Å². The van der Waals surface area contributed by atoms with Gasteiger partial charge in [0.2, 0.25) is 5.91 Å². The van der Waals surface area contributed by atoms with E-state index in [4.69, 9.17) is 16.7 Å². The summed E-state index contributed by atoms with van der Waals surface area (Å²) in [5, 5.41) is 12.7. The maximum atomic E-state index is 11.8. The molecular weight excluding hydrogens is 310 g/mol. The zero-order valence-electron chi connectivity index (χ0n) is 11.1. The Morgan fingerprint density at radius 3 is 2.67 bits per heavy atom. The van der Waals surface area contributed by atoms with Crippen LogP contribution in [0.3, 0.4) is 0 Å². The van der Waals surface area contributed by atoms with E-state index in [0.29, 0.717) is 15.6 Å². The molecule has 1 heterocycles. The van der Waals surface area contributed by atoms with Crippen LogP contribution in [0.25, 0.3) is 6.08 Å². The molecule has 0 bridgehead atoms. The Labute approximate surface area is 130 Å². The molecule has 0 saturated heterocycles. The third-order valence-corrected chi connectivity index (χ3v) is 4.16. The molecule has 2 rings (SSSR count). The number of carbonyl (C=O) groups excluding carboxylic acids is 1. The number of aryl methyl sites for hydroxylation is 1. The summed E-state index contributed by atoms with van der Waals surface area (Å²) in [5.74, 6) is -1.34. The number of carboxylic acids is 1. The Morgan fingerprint density at radius 1 is 1.33 bits per heavy atom. The first-order valence-electron chi connectivity index (χ1n) is 6.04. The summed E-state index contributed by atoms with van der Waals surface area (Å²) >= 11 is 7.01. The monoisotopic (exact) mass is 321 g/mol. The van der Waals surface area contributed by atoms with Crippen molar-refractivity contribution in [1.82, 2.24) is 0 Å². The summed E-state index contributed by atoms with van der Waals surface area (Å²) in [4.78, 5) is 23.0. The molecule has 0 saturated carbocycles. The van der Waals surface area contributed by atoms with Crippen molar-refractivity contribution in [3.05, 3.63) is 57.4 Å². The second kappa shape index (κ2) is 6.56. The van der Waals surface area contributed by atoms with E-state index in [1.165, 1.54) is 6.08 Å². The number of benzene rings is 1. The van der Waals surface area contributed by atoms with Gasteiger partial charge in [-0.2, -0.15) is 0 Å². The molecule has 21 heavy (non-hydrogen) atoms. The van der Waals surface area contributed by atoms with Gasteiger partial charge in [0.1, 0.15) is 4.88 Å². The lowest BCUT2D eigenvalue weighted by Gasteiger charge is -1.98. The first-order chi connectivity index (χ1) is 9.97. The van der Waals surface area contributed by atoms with E-state index in [1.54, 1.807) is 31.2 Å². The average Bonchev–Trinajstić information content (AvgIpc) is 2.79. The maximum absolute atomic E-state index is 11.8. The first kappa shape index (κ1) is 15.3. The number of nitrogens with one attached hydrogen (secondary N) is 1. The van der Waals surface area contributed by atoms with Gasteiger partial charge >= 0.3 is 5.97 Å². The SMILES string of the molecule is Cc1cc(NC(=O)/C=C/c2ccccc2Cl)sc1C(=O)O. The second-order valence-corrected chi connectivity index (χ2v) is 5.73. The van der Waals surface area contributed by atoms with Crippen LogP contribution in [0.2, 0.25) is 5.02 Å². The Balaban J connectivity index is 2.07. The summed E-state index contributed by atoms with van der Waals surface area (Å²) in [6.45, 7) is 1.69. The molecule has 0 radical (unpaired) electrons. The highest BCUT2D eigenvalue weighted by Crippen LogP contribution is 2.26. The van der Waals surface area contributed by atoms with Gasteiger partial charge in [-0.15, -0.1) is 11.3 Å². The van der Waals surface area contributed by atoms with Gasteiger partial charge in [0.05, 0.1) is 5.00 Å². The zero-order valence-corrected chi connectivity index (χ0v) is 12.7. The number of hydrogen-bond acceptors (Lipinski definition) is 3. The van der Waals surface area contributed by atoms with Crippen LogP contribution in [0.5, 0.6) is 0 Å². The van der Waals surface area contributed by atoms with Gasteiger partial charge in [-0.3, -0.25) is 4.79 Å². The average molecular weight is 322 g/mol. The molecule has 0 atom stereocenters. The third-order valence-electron chi connectivity index (χ3n) is 2.68. The van der Waals surface area contributed by atoms with Crippen LogP contribution in [0.1, 0.15) is 20.8 Å².